The molecule has 0 atom stereocenters. The standard InChI is InChI=1S/C22H24N2O4S/c1-15(2)10-11-23-20(26)19(18(25)13-17-9-6-12-29-17)21(27)24(22(23)28)14-16-7-4-3-5-8-16/h3-9,12,15,27H,10-11,13-14H2,1-2H3. The highest BCUT2D eigenvalue weighted by Crippen LogP contribution is 2.18. The number of rotatable bonds is 8. The second-order valence-corrected chi connectivity index (χ2v) is 8.40. The predicted molar refractivity (Wildman–Crippen MR) is 114 cm³/mol. The van der Waals surface area contributed by atoms with Gasteiger partial charge in [0.05, 0.1) is 6.54 Å². The molecule has 1 N–H and O–H groups in total. The molecule has 0 aliphatic heterocycles. The molecule has 0 saturated heterocycles. The zero-order chi connectivity index (χ0) is 21.0. The van der Waals surface area contributed by atoms with Crippen LogP contribution >= 0.6 is 11.3 Å². The first kappa shape index (κ1) is 20.8. The fourth-order valence-corrected chi connectivity index (χ4v) is 3.79. The van der Waals surface area contributed by atoms with E-state index in [0.717, 1.165) is 19.6 Å². The van der Waals surface area contributed by atoms with Gasteiger partial charge in [-0.25, -0.2) is 4.79 Å². The van der Waals surface area contributed by atoms with E-state index in [9.17, 15) is 19.5 Å². The molecular weight excluding hydrogens is 388 g/mol. The molecule has 3 rings (SSSR count). The van der Waals surface area contributed by atoms with E-state index >= 15 is 0 Å². The van der Waals surface area contributed by atoms with Gasteiger partial charge in [-0.05, 0) is 29.3 Å². The van der Waals surface area contributed by atoms with E-state index in [4.69, 9.17) is 0 Å². The lowest BCUT2D eigenvalue weighted by molar-refractivity contribution is 0.0986. The van der Waals surface area contributed by atoms with E-state index in [1.807, 2.05) is 55.6 Å². The van der Waals surface area contributed by atoms with Gasteiger partial charge >= 0.3 is 5.69 Å². The lowest BCUT2D eigenvalue weighted by Crippen LogP contribution is -2.43. The Morgan fingerprint density at radius 3 is 2.41 bits per heavy atom. The molecule has 0 bridgehead atoms. The highest BCUT2D eigenvalue weighted by atomic mass is 32.1. The summed E-state index contributed by atoms with van der Waals surface area (Å²) in [5, 5.41) is 12.6. The van der Waals surface area contributed by atoms with Gasteiger partial charge in [0.25, 0.3) is 5.56 Å². The van der Waals surface area contributed by atoms with E-state index in [0.29, 0.717) is 6.42 Å². The number of Topliss-reactive ketones (excluding diaryl/α,β-unsaturated/α-hetero) is 1. The maximum Gasteiger partial charge on any atom is 0.334 e. The van der Waals surface area contributed by atoms with Crippen LogP contribution in [0.15, 0.2) is 57.4 Å². The smallest absolute Gasteiger partial charge is 0.334 e. The second kappa shape index (κ2) is 9.05. The first-order valence-electron chi connectivity index (χ1n) is 9.54. The minimum Gasteiger partial charge on any atom is -0.494 e. The quantitative estimate of drug-likeness (QED) is 0.576. The third-order valence-corrected chi connectivity index (χ3v) is 5.58. The Kier molecular flexibility index (Phi) is 6.49. The first-order valence-corrected chi connectivity index (χ1v) is 10.4. The predicted octanol–water partition coefficient (Wildman–Crippen LogP) is 3.30. The molecule has 7 heteroatoms. The van der Waals surface area contributed by atoms with Gasteiger partial charge in [-0.3, -0.25) is 18.7 Å². The highest BCUT2D eigenvalue weighted by Gasteiger charge is 2.24. The van der Waals surface area contributed by atoms with Crippen LogP contribution in [0.3, 0.4) is 0 Å². The van der Waals surface area contributed by atoms with Crippen LogP contribution in [-0.4, -0.2) is 20.0 Å². The number of carbonyl (C=O) groups excluding carboxylic acids is 1. The van der Waals surface area contributed by atoms with Crippen molar-refractivity contribution in [1.29, 1.82) is 0 Å². The average molecular weight is 413 g/mol. The molecule has 0 spiro atoms. The first-order chi connectivity index (χ1) is 13.9. The number of nitrogens with zero attached hydrogens (tertiary/aromatic N) is 2. The van der Waals surface area contributed by atoms with Crippen LogP contribution in [0.4, 0.5) is 0 Å². The van der Waals surface area contributed by atoms with Gasteiger partial charge in [-0.2, -0.15) is 0 Å². The Balaban J connectivity index is 2.11. The average Bonchev–Trinajstić information content (AvgIpc) is 3.18. The van der Waals surface area contributed by atoms with Gasteiger partial charge in [0, 0.05) is 17.8 Å². The monoisotopic (exact) mass is 412 g/mol. The summed E-state index contributed by atoms with van der Waals surface area (Å²) in [5.74, 6) is -0.774. The molecule has 0 aliphatic carbocycles. The lowest BCUT2D eigenvalue weighted by Gasteiger charge is -2.16. The van der Waals surface area contributed by atoms with Gasteiger partial charge < -0.3 is 5.11 Å². The molecule has 2 heterocycles. The number of benzene rings is 1. The van der Waals surface area contributed by atoms with Crippen molar-refractivity contribution in [2.45, 2.75) is 39.8 Å². The molecule has 0 aliphatic rings. The Morgan fingerprint density at radius 2 is 1.79 bits per heavy atom. The third kappa shape index (κ3) is 4.74. The maximum atomic E-state index is 13.0. The van der Waals surface area contributed by atoms with Crippen molar-refractivity contribution in [2.75, 3.05) is 0 Å². The summed E-state index contributed by atoms with van der Waals surface area (Å²) < 4.78 is 2.18. The summed E-state index contributed by atoms with van der Waals surface area (Å²) in [6, 6.07) is 12.8. The fraction of sp³-hybridized carbons (Fsp3) is 0.318. The van der Waals surface area contributed by atoms with Crippen molar-refractivity contribution >= 4 is 17.1 Å². The van der Waals surface area contributed by atoms with Gasteiger partial charge in [-0.1, -0.05) is 50.2 Å². The molecule has 0 radical (unpaired) electrons. The largest absolute Gasteiger partial charge is 0.494 e. The lowest BCUT2D eigenvalue weighted by atomic mass is 10.1. The minimum absolute atomic E-state index is 0.00812. The second-order valence-electron chi connectivity index (χ2n) is 7.37. The number of aromatic hydroxyl groups is 1. The molecule has 0 amide bonds. The zero-order valence-corrected chi connectivity index (χ0v) is 17.3. The van der Waals surface area contributed by atoms with Crippen molar-refractivity contribution < 1.29 is 9.90 Å². The Morgan fingerprint density at radius 1 is 1.07 bits per heavy atom. The number of carbonyl (C=O) groups is 1. The Labute approximate surface area is 172 Å². The molecular formula is C22H24N2O4S. The van der Waals surface area contributed by atoms with Crippen LogP contribution in [0.1, 0.15) is 41.1 Å². The van der Waals surface area contributed by atoms with Crippen LogP contribution in [0.2, 0.25) is 0 Å². The van der Waals surface area contributed by atoms with Gasteiger partial charge in [0.2, 0.25) is 5.88 Å². The SMILES string of the molecule is CC(C)CCn1c(=O)c(C(=O)Cc2cccs2)c(O)n(Cc2ccccc2)c1=O. The number of ketones is 1. The summed E-state index contributed by atoms with van der Waals surface area (Å²) in [6.45, 7) is 4.27. The normalized spacial score (nSPS) is 11.1. The van der Waals surface area contributed by atoms with Gasteiger partial charge in [-0.15, -0.1) is 11.3 Å². The van der Waals surface area contributed by atoms with Crippen molar-refractivity contribution in [1.82, 2.24) is 9.13 Å². The van der Waals surface area contributed by atoms with Crippen LogP contribution in [0, 0.1) is 5.92 Å². The number of aromatic nitrogens is 2. The molecule has 1 aromatic carbocycles. The molecule has 0 fully saturated rings. The van der Waals surface area contributed by atoms with Crippen molar-refractivity contribution in [3.8, 4) is 5.88 Å². The molecule has 29 heavy (non-hydrogen) atoms. The molecule has 3 aromatic rings. The molecule has 0 saturated carbocycles. The van der Waals surface area contributed by atoms with E-state index in [1.165, 1.54) is 11.3 Å². The number of hydrogen-bond donors (Lipinski definition) is 1. The van der Waals surface area contributed by atoms with Crippen molar-refractivity contribution in [3.63, 3.8) is 0 Å². The highest BCUT2D eigenvalue weighted by molar-refractivity contribution is 7.10. The molecule has 6 nitrogen and oxygen atoms in total. The minimum atomic E-state index is -0.723. The summed E-state index contributed by atoms with van der Waals surface area (Å²) in [5.41, 5.74) is -0.864. The Bertz CT molecular complexity index is 1100. The van der Waals surface area contributed by atoms with Gasteiger partial charge in [0.1, 0.15) is 5.56 Å². The van der Waals surface area contributed by atoms with Crippen LogP contribution in [-0.2, 0) is 19.5 Å². The van der Waals surface area contributed by atoms with Crippen LogP contribution in [0.25, 0.3) is 0 Å². The number of thiophene rings is 1. The fourth-order valence-electron chi connectivity index (χ4n) is 3.09. The molecule has 152 valence electrons. The van der Waals surface area contributed by atoms with Gasteiger partial charge in [0.15, 0.2) is 5.78 Å². The maximum absolute atomic E-state index is 13.0. The summed E-state index contributed by atoms with van der Waals surface area (Å²) >= 11 is 1.41. The third-order valence-electron chi connectivity index (χ3n) is 4.71. The van der Waals surface area contributed by atoms with Crippen molar-refractivity contribution in [2.24, 2.45) is 5.92 Å². The molecule has 0 unspecified atom stereocenters. The number of hydrogen-bond acceptors (Lipinski definition) is 5. The van der Waals surface area contributed by atoms with E-state index in [1.54, 1.807) is 6.07 Å². The summed E-state index contributed by atoms with van der Waals surface area (Å²) in [4.78, 5) is 39.6. The van der Waals surface area contributed by atoms with Crippen molar-refractivity contribution in [3.05, 3.63) is 84.7 Å². The topological polar surface area (TPSA) is 81.3 Å². The summed E-state index contributed by atoms with van der Waals surface area (Å²) in [7, 11) is 0. The summed E-state index contributed by atoms with van der Waals surface area (Å²) in [6.07, 6.45) is 0.623. The van der Waals surface area contributed by atoms with E-state index in [-0.39, 0.29) is 31.0 Å². The van der Waals surface area contributed by atoms with Crippen LogP contribution in [0.5, 0.6) is 5.88 Å². The van der Waals surface area contributed by atoms with E-state index < -0.39 is 22.9 Å². The Hall–Kier alpha value is -2.93. The van der Waals surface area contributed by atoms with Crippen LogP contribution < -0.4 is 11.2 Å². The zero-order valence-electron chi connectivity index (χ0n) is 16.5. The van der Waals surface area contributed by atoms with E-state index in [2.05, 4.69) is 0 Å². The molecule has 2 aromatic heterocycles.